The number of carbonyl (C=O) groups excluding carboxylic acids is 1. The van der Waals surface area contributed by atoms with Crippen LogP contribution in [0.1, 0.15) is 53.6 Å². The molecule has 0 bridgehead atoms. The fraction of sp³-hybridized carbons (Fsp3) is 0.550. The summed E-state index contributed by atoms with van der Waals surface area (Å²) in [4.78, 5) is 14.9. The Balaban J connectivity index is 1.93. The summed E-state index contributed by atoms with van der Waals surface area (Å²) in [5.41, 5.74) is 2.73. The summed E-state index contributed by atoms with van der Waals surface area (Å²) in [5.74, 6) is -0.141. The standard InChI is InChI=1S/C20H28N2O3S/c1-13-5-4-6-15(11-13)18-16(23)12-14(2)17(19(18)24)20(25)21-7-9-22(26-3)10-8-21/h11-12,15,23-24H,4-10H2,1-3H3. The van der Waals surface area contributed by atoms with Crippen LogP contribution in [-0.2, 0) is 0 Å². The second-order valence-corrected chi connectivity index (χ2v) is 8.15. The van der Waals surface area contributed by atoms with E-state index < -0.39 is 0 Å². The van der Waals surface area contributed by atoms with Gasteiger partial charge < -0.3 is 15.1 Å². The first-order valence-corrected chi connectivity index (χ1v) is 10.4. The van der Waals surface area contributed by atoms with Gasteiger partial charge >= 0.3 is 0 Å². The highest BCUT2D eigenvalue weighted by Gasteiger charge is 2.30. The van der Waals surface area contributed by atoms with Crippen molar-refractivity contribution in [2.24, 2.45) is 0 Å². The van der Waals surface area contributed by atoms with Crippen molar-refractivity contribution < 1.29 is 15.0 Å². The highest BCUT2D eigenvalue weighted by molar-refractivity contribution is 7.96. The molecule has 26 heavy (non-hydrogen) atoms. The van der Waals surface area contributed by atoms with Crippen molar-refractivity contribution in [3.8, 4) is 11.5 Å². The lowest BCUT2D eigenvalue weighted by Gasteiger charge is -2.34. The van der Waals surface area contributed by atoms with Gasteiger partial charge in [0.2, 0.25) is 0 Å². The number of aromatic hydroxyl groups is 2. The molecule has 3 rings (SSSR count). The maximum Gasteiger partial charge on any atom is 0.257 e. The topological polar surface area (TPSA) is 64.0 Å². The number of nitrogens with zero attached hydrogens (tertiary/aromatic N) is 2. The molecule has 2 N–H and O–H groups in total. The van der Waals surface area contributed by atoms with Gasteiger partial charge in [0.25, 0.3) is 5.91 Å². The normalized spacial score (nSPS) is 21.6. The molecule has 1 heterocycles. The minimum atomic E-state index is -0.140. The molecule has 2 aliphatic rings. The highest BCUT2D eigenvalue weighted by Crippen LogP contribution is 2.43. The minimum absolute atomic E-state index is 0.0377. The number of hydrogen-bond acceptors (Lipinski definition) is 5. The number of carbonyl (C=O) groups is 1. The molecule has 142 valence electrons. The highest BCUT2D eigenvalue weighted by atomic mass is 32.2. The van der Waals surface area contributed by atoms with Crippen molar-refractivity contribution in [2.75, 3.05) is 32.4 Å². The molecule has 0 radical (unpaired) electrons. The average molecular weight is 377 g/mol. The summed E-state index contributed by atoms with van der Waals surface area (Å²) < 4.78 is 2.23. The molecular weight excluding hydrogens is 348 g/mol. The molecule has 0 saturated carbocycles. The Hall–Kier alpha value is -1.66. The van der Waals surface area contributed by atoms with E-state index in [1.807, 2.05) is 6.26 Å². The number of rotatable bonds is 3. The molecule has 1 aliphatic carbocycles. The van der Waals surface area contributed by atoms with Gasteiger partial charge in [-0.2, -0.15) is 0 Å². The number of hydrogen-bond donors (Lipinski definition) is 2. The lowest BCUT2D eigenvalue weighted by molar-refractivity contribution is 0.0700. The van der Waals surface area contributed by atoms with Crippen LogP contribution < -0.4 is 0 Å². The first kappa shape index (κ1) is 19.1. The van der Waals surface area contributed by atoms with E-state index in [0.717, 1.165) is 32.4 Å². The van der Waals surface area contributed by atoms with Crippen LogP contribution in [0, 0.1) is 6.92 Å². The van der Waals surface area contributed by atoms with Crippen molar-refractivity contribution in [3.63, 3.8) is 0 Å². The number of piperazine rings is 1. The summed E-state index contributed by atoms with van der Waals surface area (Å²) in [6.45, 7) is 6.79. The number of phenolic OH excluding ortho intramolecular Hbond substituents is 2. The predicted octanol–water partition coefficient (Wildman–Crippen LogP) is 3.66. The molecule has 6 heteroatoms. The summed E-state index contributed by atoms with van der Waals surface area (Å²) >= 11 is 1.69. The Morgan fingerprint density at radius 2 is 1.88 bits per heavy atom. The molecule has 0 aromatic heterocycles. The van der Waals surface area contributed by atoms with E-state index >= 15 is 0 Å². The Morgan fingerprint density at radius 1 is 1.19 bits per heavy atom. The number of phenols is 2. The van der Waals surface area contributed by atoms with Crippen LogP contribution in [0.15, 0.2) is 17.7 Å². The summed E-state index contributed by atoms with van der Waals surface area (Å²) in [6, 6.07) is 1.62. The number of amides is 1. The van der Waals surface area contributed by atoms with E-state index in [1.54, 1.807) is 29.8 Å². The van der Waals surface area contributed by atoms with E-state index in [9.17, 15) is 15.0 Å². The Labute approximate surface area is 159 Å². The molecule has 1 aromatic carbocycles. The molecular formula is C20H28N2O3S. The lowest BCUT2D eigenvalue weighted by atomic mass is 9.83. The number of allylic oxidation sites excluding steroid dienone is 2. The molecule has 1 unspecified atom stereocenters. The molecule has 0 spiro atoms. The average Bonchev–Trinajstić information content (AvgIpc) is 2.61. The van der Waals surface area contributed by atoms with E-state index in [1.165, 1.54) is 5.57 Å². The van der Waals surface area contributed by atoms with Gasteiger partial charge in [-0.25, -0.2) is 4.31 Å². The monoisotopic (exact) mass is 376 g/mol. The fourth-order valence-electron chi connectivity index (χ4n) is 4.00. The van der Waals surface area contributed by atoms with Crippen molar-refractivity contribution in [3.05, 3.63) is 34.4 Å². The van der Waals surface area contributed by atoms with Gasteiger partial charge in [-0.3, -0.25) is 4.79 Å². The van der Waals surface area contributed by atoms with E-state index in [2.05, 4.69) is 17.3 Å². The number of benzene rings is 1. The first-order chi connectivity index (χ1) is 12.4. The molecule has 1 saturated heterocycles. The lowest BCUT2D eigenvalue weighted by Crippen LogP contribution is -2.46. The van der Waals surface area contributed by atoms with Crippen LogP contribution in [-0.4, -0.2) is 57.8 Å². The summed E-state index contributed by atoms with van der Waals surface area (Å²) in [7, 11) is 0. The van der Waals surface area contributed by atoms with Crippen LogP contribution in [0.25, 0.3) is 0 Å². The van der Waals surface area contributed by atoms with E-state index in [4.69, 9.17) is 0 Å². The van der Waals surface area contributed by atoms with Crippen LogP contribution in [0.4, 0.5) is 0 Å². The van der Waals surface area contributed by atoms with Crippen LogP contribution in [0.2, 0.25) is 0 Å². The molecule has 1 aliphatic heterocycles. The maximum atomic E-state index is 13.1. The molecule has 1 amide bonds. The van der Waals surface area contributed by atoms with Crippen molar-refractivity contribution in [1.29, 1.82) is 0 Å². The van der Waals surface area contributed by atoms with Gasteiger partial charge in [0.1, 0.15) is 11.5 Å². The quantitative estimate of drug-likeness (QED) is 0.623. The van der Waals surface area contributed by atoms with Crippen molar-refractivity contribution >= 4 is 17.9 Å². The summed E-state index contributed by atoms with van der Waals surface area (Å²) in [6.07, 6.45) is 7.11. The van der Waals surface area contributed by atoms with Gasteiger partial charge in [-0.15, -0.1) is 0 Å². The van der Waals surface area contributed by atoms with Gasteiger partial charge in [0, 0.05) is 37.7 Å². The fourth-order valence-corrected chi connectivity index (χ4v) is 4.53. The maximum absolute atomic E-state index is 13.1. The largest absolute Gasteiger partial charge is 0.507 e. The van der Waals surface area contributed by atoms with Crippen LogP contribution in [0.3, 0.4) is 0 Å². The Morgan fingerprint density at radius 3 is 2.50 bits per heavy atom. The minimum Gasteiger partial charge on any atom is -0.507 e. The Kier molecular flexibility index (Phi) is 5.82. The van der Waals surface area contributed by atoms with Crippen molar-refractivity contribution in [1.82, 2.24) is 9.21 Å². The van der Waals surface area contributed by atoms with Gasteiger partial charge in [-0.1, -0.05) is 23.6 Å². The first-order valence-electron chi connectivity index (χ1n) is 9.23. The zero-order valence-corrected chi connectivity index (χ0v) is 16.6. The van der Waals surface area contributed by atoms with E-state index in [-0.39, 0.29) is 23.3 Å². The van der Waals surface area contributed by atoms with Crippen molar-refractivity contribution in [2.45, 2.75) is 39.0 Å². The zero-order chi connectivity index (χ0) is 18.8. The molecule has 1 aromatic rings. The van der Waals surface area contributed by atoms with Gasteiger partial charge in [0.15, 0.2) is 0 Å². The second kappa shape index (κ2) is 7.92. The zero-order valence-electron chi connectivity index (χ0n) is 15.8. The SMILES string of the molecule is CSN1CCN(C(=O)c2c(C)cc(O)c(C3C=C(C)CCC3)c2O)CC1. The summed E-state index contributed by atoms with van der Waals surface area (Å²) in [5, 5.41) is 21.4. The third kappa shape index (κ3) is 3.71. The smallest absolute Gasteiger partial charge is 0.257 e. The second-order valence-electron chi connectivity index (χ2n) is 7.27. The predicted molar refractivity (Wildman–Crippen MR) is 106 cm³/mol. The number of aryl methyl sites for hydroxylation is 1. The molecule has 1 atom stereocenters. The molecule has 1 fully saturated rings. The third-order valence-electron chi connectivity index (χ3n) is 5.46. The van der Waals surface area contributed by atoms with Crippen LogP contribution in [0.5, 0.6) is 11.5 Å². The third-order valence-corrected chi connectivity index (χ3v) is 6.34. The Bertz CT molecular complexity index is 724. The van der Waals surface area contributed by atoms with E-state index in [0.29, 0.717) is 29.8 Å². The van der Waals surface area contributed by atoms with Gasteiger partial charge in [-0.05, 0) is 51.0 Å². The molecule has 5 nitrogen and oxygen atoms in total. The van der Waals surface area contributed by atoms with Crippen LogP contribution >= 0.6 is 11.9 Å². The van der Waals surface area contributed by atoms with Gasteiger partial charge in [0.05, 0.1) is 5.56 Å².